The molecular formula is C26H27ClN4O2S. The van der Waals surface area contributed by atoms with E-state index in [1.54, 1.807) is 11.3 Å². The predicted octanol–water partition coefficient (Wildman–Crippen LogP) is 4.77. The fourth-order valence-electron chi connectivity index (χ4n) is 5.73. The number of aromatic nitrogens is 1. The SMILES string of the molecule is C[C@@H]1CCc2cc(Cl)cc(-c3ccnc4cc(CN5C(=O)CCC5=O)sc34)c2N1[C@@H]1CCNC1. The third-order valence-electron chi connectivity index (χ3n) is 7.37. The largest absolute Gasteiger partial charge is 0.364 e. The first-order chi connectivity index (χ1) is 16.5. The van der Waals surface area contributed by atoms with Gasteiger partial charge in [-0.05, 0) is 62.6 Å². The molecule has 2 atom stereocenters. The molecule has 0 radical (unpaired) electrons. The minimum Gasteiger partial charge on any atom is -0.364 e. The number of nitrogens with zero attached hydrogens (tertiary/aromatic N) is 3. The predicted molar refractivity (Wildman–Crippen MR) is 136 cm³/mol. The summed E-state index contributed by atoms with van der Waals surface area (Å²) in [7, 11) is 0. The summed E-state index contributed by atoms with van der Waals surface area (Å²) < 4.78 is 1.07. The summed E-state index contributed by atoms with van der Waals surface area (Å²) in [6, 6.07) is 9.24. The zero-order valence-corrected chi connectivity index (χ0v) is 20.7. The third-order valence-corrected chi connectivity index (χ3v) is 8.73. The maximum atomic E-state index is 12.2. The molecule has 6 rings (SSSR count). The van der Waals surface area contributed by atoms with Gasteiger partial charge < -0.3 is 10.2 Å². The third kappa shape index (κ3) is 3.70. The van der Waals surface area contributed by atoms with E-state index in [1.165, 1.54) is 16.2 Å². The van der Waals surface area contributed by atoms with Crippen molar-refractivity contribution in [3.8, 4) is 11.1 Å². The van der Waals surface area contributed by atoms with Gasteiger partial charge in [-0.2, -0.15) is 0 Å². The number of amides is 2. The number of halogens is 1. The van der Waals surface area contributed by atoms with Crippen LogP contribution in [0.15, 0.2) is 30.5 Å². The minimum absolute atomic E-state index is 0.0886. The minimum atomic E-state index is -0.0886. The normalized spacial score (nSPS) is 22.8. The first-order valence-corrected chi connectivity index (χ1v) is 13.2. The Labute approximate surface area is 207 Å². The highest BCUT2D eigenvalue weighted by atomic mass is 35.5. The average molecular weight is 495 g/mol. The van der Waals surface area contributed by atoms with Crippen LogP contribution in [0.3, 0.4) is 0 Å². The van der Waals surface area contributed by atoms with E-state index in [-0.39, 0.29) is 11.8 Å². The Balaban J connectivity index is 1.47. The average Bonchev–Trinajstić information content (AvgIpc) is 3.56. The van der Waals surface area contributed by atoms with E-state index >= 15 is 0 Å². The fraction of sp³-hybridized carbons (Fsp3) is 0.423. The smallest absolute Gasteiger partial charge is 0.230 e. The number of thiophene rings is 1. The maximum absolute atomic E-state index is 12.2. The lowest BCUT2D eigenvalue weighted by molar-refractivity contribution is -0.138. The maximum Gasteiger partial charge on any atom is 0.230 e. The molecule has 2 amide bonds. The van der Waals surface area contributed by atoms with Crippen molar-refractivity contribution in [1.82, 2.24) is 15.2 Å². The van der Waals surface area contributed by atoms with Crippen molar-refractivity contribution in [3.63, 3.8) is 0 Å². The lowest BCUT2D eigenvalue weighted by atomic mass is 9.89. The van der Waals surface area contributed by atoms with Crippen LogP contribution in [-0.2, 0) is 22.6 Å². The molecule has 3 aliphatic heterocycles. The highest BCUT2D eigenvalue weighted by molar-refractivity contribution is 7.19. The van der Waals surface area contributed by atoms with Crippen molar-refractivity contribution in [2.24, 2.45) is 0 Å². The zero-order chi connectivity index (χ0) is 23.4. The van der Waals surface area contributed by atoms with Crippen LogP contribution in [0.2, 0.25) is 5.02 Å². The molecule has 8 heteroatoms. The van der Waals surface area contributed by atoms with Crippen LogP contribution in [0.5, 0.6) is 0 Å². The Morgan fingerprint density at radius 3 is 2.71 bits per heavy atom. The van der Waals surface area contributed by atoms with Crippen molar-refractivity contribution in [2.45, 2.75) is 57.7 Å². The van der Waals surface area contributed by atoms with Gasteiger partial charge >= 0.3 is 0 Å². The highest BCUT2D eigenvalue weighted by Gasteiger charge is 2.34. The zero-order valence-electron chi connectivity index (χ0n) is 19.1. The first kappa shape index (κ1) is 22.0. The Morgan fingerprint density at radius 2 is 1.94 bits per heavy atom. The lowest BCUT2D eigenvalue weighted by Gasteiger charge is -2.42. The summed E-state index contributed by atoms with van der Waals surface area (Å²) in [5.41, 5.74) is 5.76. The van der Waals surface area contributed by atoms with Crippen molar-refractivity contribution in [3.05, 3.63) is 45.9 Å². The summed E-state index contributed by atoms with van der Waals surface area (Å²) in [5, 5.41) is 4.28. The van der Waals surface area contributed by atoms with E-state index in [4.69, 9.17) is 11.6 Å². The Kier molecular flexibility index (Phi) is 5.59. The lowest BCUT2D eigenvalue weighted by Crippen LogP contribution is -2.46. The van der Waals surface area contributed by atoms with Gasteiger partial charge in [0.1, 0.15) is 0 Å². The highest BCUT2D eigenvalue weighted by Crippen LogP contribution is 2.46. The number of anilines is 1. The van der Waals surface area contributed by atoms with E-state index in [1.807, 2.05) is 12.3 Å². The van der Waals surface area contributed by atoms with Crippen molar-refractivity contribution in [1.29, 1.82) is 0 Å². The van der Waals surface area contributed by atoms with Gasteiger partial charge in [-0.15, -0.1) is 11.3 Å². The van der Waals surface area contributed by atoms with E-state index in [2.05, 4.69) is 40.3 Å². The number of hydrogen-bond donors (Lipinski definition) is 1. The van der Waals surface area contributed by atoms with Crippen molar-refractivity contribution < 1.29 is 9.59 Å². The summed E-state index contributed by atoms with van der Waals surface area (Å²) >= 11 is 8.27. The number of aryl methyl sites for hydroxylation is 1. The molecule has 0 saturated carbocycles. The van der Waals surface area contributed by atoms with Crippen LogP contribution < -0.4 is 10.2 Å². The number of imide groups is 1. The fourth-order valence-corrected chi connectivity index (χ4v) is 7.10. The molecule has 6 nitrogen and oxygen atoms in total. The first-order valence-electron chi connectivity index (χ1n) is 12.0. The Bertz CT molecular complexity index is 1280. The Hall–Kier alpha value is -2.48. The van der Waals surface area contributed by atoms with Crippen LogP contribution >= 0.6 is 22.9 Å². The molecule has 0 unspecified atom stereocenters. The number of pyridine rings is 1. The standard InChI is InChI=1S/C26H27ClN4O2S/c1-15-2-3-16-10-17(27)11-21(25(16)31(15)18-6-8-28-13-18)20-7-9-29-22-12-19(34-26(20)22)14-30-23(32)4-5-24(30)33/h7,9-12,15,18,28H,2-6,8,13-14H2,1H3/t15-,18-/m1/s1. The quantitative estimate of drug-likeness (QED) is 0.529. The summed E-state index contributed by atoms with van der Waals surface area (Å²) in [4.78, 5) is 33.9. The molecule has 2 fully saturated rings. The van der Waals surface area contributed by atoms with Gasteiger partial charge in [0.25, 0.3) is 0 Å². The van der Waals surface area contributed by atoms with Crippen LogP contribution in [0.1, 0.15) is 43.0 Å². The summed E-state index contributed by atoms with van der Waals surface area (Å²) in [6.07, 6.45) is 5.75. The van der Waals surface area contributed by atoms with Gasteiger partial charge in [0.15, 0.2) is 0 Å². The van der Waals surface area contributed by atoms with Gasteiger partial charge in [-0.25, -0.2) is 0 Å². The molecule has 1 aromatic carbocycles. The number of fused-ring (bicyclic) bond motifs is 2. The molecule has 0 spiro atoms. The molecule has 176 valence electrons. The van der Waals surface area contributed by atoms with Gasteiger partial charge in [0, 0.05) is 64.4 Å². The second-order valence-electron chi connectivity index (χ2n) is 9.56. The van der Waals surface area contributed by atoms with Crippen LogP contribution in [-0.4, -0.2) is 46.9 Å². The van der Waals surface area contributed by atoms with Gasteiger partial charge in [-0.3, -0.25) is 19.5 Å². The van der Waals surface area contributed by atoms with Crippen molar-refractivity contribution in [2.75, 3.05) is 18.0 Å². The topological polar surface area (TPSA) is 65.5 Å². The number of hydrogen-bond acceptors (Lipinski definition) is 6. The number of carbonyl (C=O) groups excluding carboxylic acids is 2. The molecule has 34 heavy (non-hydrogen) atoms. The molecule has 0 aliphatic carbocycles. The molecule has 2 saturated heterocycles. The molecule has 1 N–H and O–H groups in total. The number of benzene rings is 1. The molecular weight excluding hydrogens is 468 g/mol. The van der Waals surface area contributed by atoms with E-state index in [0.29, 0.717) is 31.5 Å². The van der Waals surface area contributed by atoms with E-state index in [0.717, 1.165) is 63.6 Å². The van der Waals surface area contributed by atoms with E-state index in [9.17, 15) is 9.59 Å². The second kappa shape index (κ2) is 8.63. The second-order valence-corrected chi connectivity index (χ2v) is 11.1. The molecule has 2 aromatic heterocycles. The van der Waals surface area contributed by atoms with Gasteiger partial charge in [-0.1, -0.05) is 11.6 Å². The molecule has 0 bridgehead atoms. The number of rotatable bonds is 4. The van der Waals surface area contributed by atoms with Crippen LogP contribution in [0, 0.1) is 0 Å². The summed E-state index contributed by atoms with van der Waals surface area (Å²) in [5.74, 6) is -0.177. The number of likely N-dealkylation sites (tertiary alicyclic amines) is 1. The molecule has 3 aliphatic rings. The Morgan fingerprint density at radius 1 is 1.12 bits per heavy atom. The summed E-state index contributed by atoms with van der Waals surface area (Å²) in [6.45, 7) is 4.70. The molecule has 5 heterocycles. The van der Waals surface area contributed by atoms with Crippen LogP contribution in [0.4, 0.5) is 5.69 Å². The monoisotopic (exact) mass is 494 g/mol. The van der Waals surface area contributed by atoms with Crippen molar-refractivity contribution >= 4 is 50.7 Å². The number of carbonyl (C=O) groups is 2. The van der Waals surface area contributed by atoms with Gasteiger partial charge in [0.05, 0.1) is 16.8 Å². The van der Waals surface area contributed by atoms with Crippen LogP contribution in [0.25, 0.3) is 21.3 Å². The number of nitrogens with one attached hydrogen (secondary N) is 1. The molecule has 3 aromatic rings. The van der Waals surface area contributed by atoms with E-state index < -0.39 is 0 Å². The van der Waals surface area contributed by atoms with Gasteiger partial charge in [0.2, 0.25) is 11.8 Å².